The van der Waals surface area contributed by atoms with Crippen LogP contribution < -0.4 is 4.90 Å². The van der Waals surface area contributed by atoms with Crippen molar-refractivity contribution in [3.8, 4) is 5.95 Å². The molecule has 0 aliphatic carbocycles. The maximum atomic E-state index is 11.1. The summed E-state index contributed by atoms with van der Waals surface area (Å²) in [4.78, 5) is 21.9. The predicted molar refractivity (Wildman–Crippen MR) is 82.5 cm³/mol. The molecule has 0 N–H and O–H groups in total. The van der Waals surface area contributed by atoms with Crippen LogP contribution in [-0.4, -0.2) is 47.1 Å². The summed E-state index contributed by atoms with van der Waals surface area (Å²) in [6.45, 7) is 2.76. The molecular formula is C13H12BrClN4O2. The van der Waals surface area contributed by atoms with E-state index in [1.807, 2.05) is 0 Å². The summed E-state index contributed by atoms with van der Waals surface area (Å²) < 4.78 is 7.60. The smallest absolute Gasteiger partial charge is 0.237 e. The third-order valence-corrected chi connectivity index (χ3v) is 4.44. The molecule has 0 atom stereocenters. The highest BCUT2D eigenvalue weighted by Crippen LogP contribution is 2.31. The fourth-order valence-corrected chi connectivity index (χ4v) is 2.75. The van der Waals surface area contributed by atoms with E-state index in [2.05, 4.69) is 30.8 Å². The average molecular weight is 372 g/mol. The molecule has 1 aliphatic heterocycles. The number of aldehydes is 1. The van der Waals surface area contributed by atoms with Gasteiger partial charge in [0.2, 0.25) is 5.95 Å². The Morgan fingerprint density at radius 3 is 2.81 bits per heavy atom. The number of morpholine rings is 1. The van der Waals surface area contributed by atoms with Crippen molar-refractivity contribution in [2.45, 2.75) is 0 Å². The summed E-state index contributed by atoms with van der Waals surface area (Å²) in [5.74, 6) is 1.08. The lowest BCUT2D eigenvalue weighted by Crippen LogP contribution is -2.37. The van der Waals surface area contributed by atoms with E-state index in [0.29, 0.717) is 40.3 Å². The maximum Gasteiger partial charge on any atom is 0.237 e. The van der Waals surface area contributed by atoms with Crippen LogP contribution in [0.1, 0.15) is 10.5 Å². The molecule has 3 heterocycles. The monoisotopic (exact) mass is 370 g/mol. The fourth-order valence-electron chi connectivity index (χ4n) is 2.16. The van der Waals surface area contributed by atoms with E-state index in [1.165, 1.54) is 0 Å². The zero-order chi connectivity index (χ0) is 14.8. The Hall–Kier alpha value is -1.44. The Kier molecular flexibility index (Phi) is 4.23. The summed E-state index contributed by atoms with van der Waals surface area (Å²) in [7, 11) is 0. The van der Waals surface area contributed by atoms with Crippen LogP contribution in [0.15, 0.2) is 22.8 Å². The van der Waals surface area contributed by atoms with Gasteiger partial charge in [0.25, 0.3) is 0 Å². The number of hydrogen-bond donors (Lipinski definition) is 0. The first-order valence-corrected chi connectivity index (χ1v) is 7.56. The molecule has 1 saturated heterocycles. The second-order valence-electron chi connectivity index (χ2n) is 4.47. The molecule has 0 unspecified atom stereocenters. The van der Waals surface area contributed by atoms with E-state index >= 15 is 0 Å². The number of ether oxygens (including phenoxy) is 1. The molecule has 0 saturated carbocycles. The number of aromatic nitrogens is 3. The molecule has 0 spiro atoms. The summed E-state index contributed by atoms with van der Waals surface area (Å²) in [6.07, 6.45) is 2.49. The molecule has 0 radical (unpaired) electrons. The predicted octanol–water partition coefficient (Wildman–Crippen LogP) is 2.33. The second kappa shape index (κ2) is 6.13. The van der Waals surface area contributed by atoms with Crippen molar-refractivity contribution in [2.24, 2.45) is 0 Å². The number of hydrogen-bond acceptors (Lipinski definition) is 5. The van der Waals surface area contributed by atoms with Crippen molar-refractivity contribution >= 4 is 39.6 Å². The Balaban J connectivity index is 2.07. The van der Waals surface area contributed by atoms with E-state index in [4.69, 9.17) is 16.3 Å². The van der Waals surface area contributed by atoms with Crippen LogP contribution in [0, 0.1) is 0 Å². The summed E-state index contributed by atoms with van der Waals surface area (Å²) in [5.41, 5.74) is 0.473. The molecule has 2 aromatic rings. The maximum absolute atomic E-state index is 11.1. The molecule has 2 aromatic heterocycles. The Morgan fingerprint density at radius 1 is 1.33 bits per heavy atom. The van der Waals surface area contributed by atoms with Gasteiger partial charge in [-0.3, -0.25) is 9.36 Å². The highest BCUT2D eigenvalue weighted by atomic mass is 79.9. The van der Waals surface area contributed by atoms with Gasteiger partial charge >= 0.3 is 0 Å². The van der Waals surface area contributed by atoms with Crippen molar-refractivity contribution in [3.63, 3.8) is 0 Å². The van der Waals surface area contributed by atoms with Gasteiger partial charge in [-0.15, -0.1) is 0 Å². The van der Waals surface area contributed by atoms with E-state index in [-0.39, 0.29) is 0 Å². The van der Waals surface area contributed by atoms with Gasteiger partial charge < -0.3 is 9.64 Å². The van der Waals surface area contributed by atoms with Crippen LogP contribution in [0.3, 0.4) is 0 Å². The number of carbonyl (C=O) groups is 1. The van der Waals surface area contributed by atoms with E-state index in [9.17, 15) is 4.79 Å². The van der Waals surface area contributed by atoms with E-state index < -0.39 is 0 Å². The zero-order valence-corrected chi connectivity index (χ0v) is 13.3. The quantitative estimate of drug-likeness (QED) is 0.612. The normalized spacial score (nSPS) is 15.2. The van der Waals surface area contributed by atoms with Crippen molar-refractivity contribution in [1.82, 2.24) is 14.5 Å². The van der Waals surface area contributed by atoms with E-state index in [0.717, 1.165) is 19.4 Å². The van der Waals surface area contributed by atoms with Gasteiger partial charge in [-0.1, -0.05) is 11.6 Å². The van der Waals surface area contributed by atoms with E-state index in [1.54, 1.807) is 22.9 Å². The first-order valence-electron chi connectivity index (χ1n) is 6.39. The number of rotatable bonds is 3. The van der Waals surface area contributed by atoms with Crippen LogP contribution in [0.25, 0.3) is 5.95 Å². The van der Waals surface area contributed by atoms with Crippen molar-refractivity contribution in [1.29, 1.82) is 0 Å². The van der Waals surface area contributed by atoms with Crippen molar-refractivity contribution < 1.29 is 9.53 Å². The molecule has 3 rings (SSSR count). The summed E-state index contributed by atoms with van der Waals surface area (Å²) >= 11 is 9.62. The largest absolute Gasteiger partial charge is 0.378 e. The lowest BCUT2D eigenvalue weighted by Gasteiger charge is -2.28. The lowest BCUT2D eigenvalue weighted by molar-refractivity contribution is 0.111. The second-order valence-corrected chi connectivity index (χ2v) is 5.62. The van der Waals surface area contributed by atoms with Gasteiger partial charge in [0.05, 0.1) is 23.4 Å². The minimum Gasteiger partial charge on any atom is -0.378 e. The molecule has 1 fully saturated rings. The molecule has 8 heteroatoms. The lowest BCUT2D eigenvalue weighted by atomic mass is 10.4. The highest BCUT2D eigenvalue weighted by molar-refractivity contribution is 9.10. The van der Waals surface area contributed by atoms with Gasteiger partial charge in [0.15, 0.2) is 11.4 Å². The molecule has 0 bridgehead atoms. The standard InChI is InChI=1S/C13H12BrClN4O2/c14-10-11(15)16-13(19-3-1-2-9(19)8-20)17-12(10)18-4-6-21-7-5-18/h1-3,8H,4-7H2. The average Bonchev–Trinajstić information content (AvgIpc) is 2.99. The Labute approximate surface area is 134 Å². The van der Waals surface area contributed by atoms with Gasteiger partial charge in [0.1, 0.15) is 5.82 Å². The molecule has 0 aromatic carbocycles. The first-order chi connectivity index (χ1) is 10.2. The van der Waals surface area contributed by atoms with Gasteiger partial charge in [-0.25, -0.2) is 0 Å². The summed E-state index contributed by atoms with van der Waals surface area (Å²) in [5, 5.41) is 0.312. The van der Waals surface area contributed by atoms with Crippen molar-refractivity contribution in [2.75, 3.05) is 31.2 Å². The topological polar surface area (TPSA) is 60.2 Å². The van der Waals surface area contributed by atoms with Crippen LogP contribution in [0.5, 0.6) is 0 Å². The third kappa shape index (κ3) is 2.81. The first kappa shape index (κ1) is 14.5. The van der Waals surface area contributed by atoms with Crippen molar-refractivity contribution in [3.05, 3.63) is 33.6 Å². The molecule has 110 valence electrons. The number of nitrogens with zero attached hydrogens (tertiary/aromatic N) is 4. The molecular weight excluding hydrogens is 360 g/mol. The molecule has 6 nitrogen and oxygen atoms in total. The van der Waals surface area contributed by atoms with Crippen LogP contribution in [-0.2, 0) is 4.74 Å². The van der Waals surface area contributed by atoms with Crippen LogP contribution >= 0.6 is 27.5 Å². The number of carbonyl (C=O) groups excluding carboxylic acids is 1. The summed E-state index contributed by atoms with van der Waals surface area (Å²) in [6, 6.07) is 3.46. The van der Waals surface area contributed by atoms with Crippen LogP contribution in [0.2, 0.25) is 5.15 Å². The molecule has 21 heavy (non-hydrogen) atoms. The minimum absolute atomic E-state index is 0.312. The minimum atomic E-state index is 0.312. The molecule has 1 aliphatic rings. The van der Waals surface area contributed by atoms with Gasteiger partial charge in [0, 0.05) is 19.3 Å². The number of halogens is 2. The SMILES string of the molecule is O=Cc1cccn1-c1nc(Cl)c(Br)c(N2CCOCC2)n1. The van der Waals surface area contributed by atoms with Gasteiger partial charge in [-0.2, -0.15) is 9.97 Å². The third-order valence-electron chi connectivity index (χ3n) is 3.21. The van der Waals surface area contributed by atoms with Crippen LogP contribution in [0.4, 0.5) is 5.82 Å². The molecule has 0 amide bonds. The number of anilines is 1. The highest BCUT2D eigenvalue weighted by Gasteiger charge is 2.20. The fraction of sp³-hybridized carbons (Fsp3) is 0.308. The Bertz CT molecular complexity index is 670. The zero-order valence-electron chi connectivity index (χ0n) is 11.0. The van der Waals surface area contributed by atoms with Gasteiger partial charge in [-0.05, 0) is 28.1 Å². The Morgan fingerprint density at radius 2 is 2.10 bits per heavy atom.